The number of pyridine rings is 1. The lowest BCUT2D eigenvalue weighted by Gasteiger charge is -2.13. The first-order valence-electron chi connectivity index (χ1n) is 8.67. The summed E-state index contributed by atoms with van der Waals surface area (Å²) in [6.07, 6.45) is 2.05. The zero-order valence-electron chi connectivity index (χ0n) is 15.1. The number of benzene rings is 2. The number of amides is 2. The second-order valence-electron chi connectivity index (χ2n) is 6.03. The van der Waals surface area contributed by atoms with Crippen molar-refractivity contribution < 1.29 is 9.59 Å². The molecule has 1 heterocycles. The molecular formula is C21H18ClN3O3. The number of carbonyl (C=O) groups is 2. The summed E-state index contributed by atoms with van der Waals surface area (Å²) in [6.45, 7) is 2.01. The van der Waals surface area contributed by atoms with Gasteiger partial charge < -0.3 is 15.6 Å². The minimum Gasteiger partial charge on any atom is -0.327 e. The van der Waals surface area contributed by atoms with Crippen LogP contribution in [0.2, 0.25) is 5.02 Å². The topological polar surface area (TPSA) is 91.1 Å². The van der Waals surface area contributed by atoms with Crippen LogP contribution >= 0.6 is 11.6 Å². The highest BCUT2D eigenvalue weighted by molar-refractivity contribution is 6.30. The van der Waals surface area contributed by atoms with Crippen LogP contribution in [-0.2, 0) is 6.42 Å². The van der Waals surface area contributed by atoms with E-state index >= 15 is 0 Å². The SMILES string of the molecule is CCc1ccccc1NC(=O)c1ccccc1NC(=O)c1c[nH]c(=O)c(Cl)c1. The minimum atomic E-state index is -0.493. The molecule has 142 valence electrons. The number of hydrogen-bond donors (Lipinski definition) is 3. The highest BCUT2D eigenvalue weighted by Crippen LogP contribution is 2.21. The maximum Gasteiger partial charge on any atom is 0.266 e. The molecule has 0 aliphatic heterocycles. The van der Waals surface area contributed by atoms with Gasteiger partial charge in [0.2, 0.25) is 0 Å². The first kappa shape index (κ1) is 19.4. The number of H-pyrrole nitrogens is 1. The third kappa shape index (κ3) is 4.29. The van der Waals surface area contributed by atoms with E-state index in [1.165, 1.54) is 12.3 Å². The van der Waals surface area contributed by atoms with Crippen LogP contribution in [0.1, 0.15) is 33.2 Å². The van der Waals surface area contributed by atoms with Crippen molar-refractivity contribution in [1.82, 2.24) is 4.98 Å². The van der Waals surface area contributed by atoms with E-state index in [9.17, 15) is 14.4 Å². The summed E-state index contributed by atoms with van der Waals surface area (Å²) in [5.74, 6) is -0.830. The lowest BCUT2D eigenvalue weighted by molar-refractivity contribution is 0.102. The smallest absolute Gasteiger partial charge is 0.266 e. The summed E-state index contributed by atoms with van der Waals surface area (Å²) in [6, 6.07) is 15.5. The van der Waals surface area contributed by atoms with Crippen LogP contribution in [0.4, 0.5) is 11.4 Å². The van der Waals surface area contributed by atoms with Gasteiger partial charge in [-0.25, -0.2) is 0 Å². The number of nitrogens with one attached hydrogen (secondary N) is 3. The zero-order chi connectivity index (χ0) is 20.1. The Balaban J connectivity index is 1.84. The van der Waals surface area contributed by atoms with Gasteiger partial charge >= 0.3 is 0 Å². The van der Waals surface area contributed by atoms with E-state index in [1.807, 2.05) is 31.2 Å². The largest absolute Gasteiger partial charge is 0.327 e. The van der Waals surface area contributed by atoms with Gasteiger partial charge in [-0.1, -0.05) is 48.9 Å². The lowest BCUT2D eigenvalue weighted by atomic mass is 10.1. The van der Waals surface area contributed by atoms with Crippen molar-refractivity contribution >= 4 is 34.8 Å². The zero-order valence-corrected chi connectivity index (χ0v) is 15.8. The van der Waals surface area contributed by atoms with Crippen LogP contribution < -0.4 is 16.2 Å². The molecule has 0 fully saturated rings. The van der Waals surface area contributed by atoms with E-state index in [1.54, 1.807) is 24.3 Å². The van der Waals surface area contributed by atoms with Gasteiger partial charge in [-0.2, -0.15) is 0 Å². The van der Waals surface area contributed by atoms with Crippen molar-refractivity contribution in [1.29, 1.82) is 0 Å². The summed E-state index contributed by atoms with van der Waals surface area (Å²) in [7, 11) is 0. The van der Waals surface area contributed by atoms with E-state index in [0.29, 0.717) is 11.3 Å². The number of carbonyl (C=O) groups excluding carboxylic acids is 2. The van der Waals surface area contributed by atoms with Crippen LogP contribution in [0.5, 0.6) is 0 Å². The average molecular weight is 396 g/mol. The number of hydrogen-bond acceptors (Lipinski definition) is 3. The van der Waals surface area contributed by atoms with Gasteiger partial charge in [0.1, 0.15) is 5.02 Å². The maximum atomic E-state index is 12.8. The average Bonchev–Trinajstić information content (AvgIpc) is 2.70. The van der Waals surface area contributed by atoms with Gasteiger partial charge in [0.15, 0.2) is 0 Å². The van der Waals surface area contributed by atoms with Crippen LogP contribution in [0.25, 0.3) is 0 Å². The van der Waals surface area contributed by atoms with Crippen molar-refractivity contribution in [2.75, 3.05) is 10.6 Å². The molecule has 3 aromatic rings. The Morgan fingerprint density at radius 3 is 2.32 bits per heavy atom. The van der Waals surface area contributed by atoms with Gasteiger partial charge in [0.25, 0.3) is 17.4 Å². The normalized spacial score (nSPS) is 10.4. The molecule has 0 radical (unpaired) electrons. The fraction of sp³-hybridized carbons (Fsp3) is 0.0952. The Bertz CT molecular complexity index is 1090. The summed E-state index contributed by atoms with van der Waals surface area (Å²) in [4.78, 5) is 39.0. The third-order valence-corrected chi connectivity index (χ3v) is 4.47. The maximum absolute atomic E-state index is 12.8. The number of rotatable bonds is 5. The summed E-state index contributed by atoms with van der Waals surface area (Å²) in [5, 5.41) is 5.49. The molecular weight excluding hydrogens is 378 g/mol. The fourth-order valence-corrected chi connectivity index (χ4v) is 2.88. The van der Waals surface area contributed by atoms with Crippen molar-refractivity contribution in [3.63, 3.8) is 0 Å². The first-order valence-corrected chi connectivity index (χ1v) is 9.05. The highest BCUT2D eigenvalue weighted by atomic mass is 35.5. The fourth-order valence-electron chi connectivity index (χ4n) is 2.71. The van der Waals surface area contributed by atoms with Gasteiger partial charge in [-0.3, -0.25) is 14.4 Å². The predicted octanol–water partition coefficient (Wildman–Crippen LogP) is 4.10. The predicted molar refractivity (Wildman–Crippen MR) is 110 cm³/mol. The minimum absolute atomic E-state index is 0.0881. The molecule has 0 spiro atoms. The Labute approximate surface area is 166 Å². The third-order valence-electron chi connectivity index (χ3n) is 4.19. The van der Waals surface area contributed by atoms with Crippen molar-refractivity contribution in [3.8, 4) is 0 Å². The molecule has 0 unspecified atom stereocenters. The van der Waals surface area contributed by atoms with Gasteiger partial charge in [-0.15, -0.1) is 0 Å². The molecule has 0 saturated carbocycles. The van der Waals surface area contributed by atoms with Crippen molar-refractivity contribution in [3.05, 3.63) is 92.9 Å². The number of aromatic amines is 1. The number of anilines is 2. The molecule has 3 rings (SSSR count). The van der Waals surface area contributed by atoms with E-state index < -0.39 is 11.5 Å². The molecule has 7 heteroatoms. The monoisotopic (exact) mass is 395 g/mol. The molecule has 0 aliphatic rings. The van der Waals surface area contributed by atoms with Crippen LogP contribution in [-0.4, -0.2) is 16.8 Å². The van der Waals surface area contributed by atoms with Crippen molar-refractivity contribution in [2.24, 2.45) is 0 Å². The molecule has 3 N–H and O–H groups in total. The van der Waals surface area contributed by atoms with Gasteiger partial charge in [-0.05, 0) is 36.2 Å². The van der Waals surface area contributed by atoms with Crippen LogP contribution in [0.3, 0.4) is 0 Å². The second-order valence-corrected chi connectivity index (χ2v) is 6.44. The van der Waals surface area contributed by atoms with E-state index in [4.69, 9.17) is 11.6 Å². The highest BCUT2D eigenvalue weighted by Gasteiger charge is 2.16. The molecule has 0 bridgehead atoms. The second kappa shape index (κ2) is 8.54. The quantitative estimate of drug-likeness (QED) is 0.607. The molecule has 1 aromatic heterocycles. The van der Waals surface area contributed by atoms with E-state index in [2.05, 4.69) is 15.6 Å². The summed E-state index contributed by atoms with van der Waals surface area (Å²) in [5.41, 5.74) is 2.10. The lowest BCUT2D eigenvalue weighted by Crippen LogP contribution is -2.19. The van der Waals surface area contributed by atoms with E-state index in [0.717, 1.165) is 17.7 Å². The summed E-state index contributed by atoms with van der Waals surface area (Å²) < 4.78 is 0. The molecule has 6 nitrogen and oxygen atoms in total. The van der Waals surface area contributed by atoms with Gasteiger partial charge in [0.05, 0.1) is 16.8 Å². The summed E-state index contributed by atoms with van der Waals surface area (Å²) >= 11 is 5.77. The Morgan fingerprint density at radius 1 is 0.964 bits per heavy atom. The molecule has 0 aliphatic carbocycles. The number of halogens is 1. The van der Waals surface area contributed by atoms with Crippen LogP contribution in [0, 0.1) is 0 Å². The first-order chi connectivity index (χ1) is 13.5. The molecule has 0 saturated heterocycles. The standard InChI is InChI=1S/C21H18ClN3O3/c1-2-13-7-3-5-9-17(13)24-20(27)15-8-4-6-10-18(15)25-19(26)14-11-16(22)21(28)23-12-14/h3-12H,2H2,1H3,(H,23,28)(H,24,27)(H,25,26). The van der Waals surface area contributed by atoms with Crippen molar-refractivity contribution in [2.45, 2.75) is 13.3 Å². The molecule has 2 aromatic carbocycles. The number of para-hydroxylation sites is 2. The Morgan fingerprint density at radius 2 is 1.61 bits per heavy atom. The number of aromatic nitrogens is 1. The molecule has 2 amide bonds. The Hall–Kier alpha value is -3.38. The van der Waals surface area contributed by atoms with Gasteiger partial charge in [0, 0.05) is 11.9 Å². The molecule has 0 atom stereocenters. The molecule has 28 heavy (non-hydrogen) atoms. The Kier molecular flexibility index (Phi) is 5.91. The van der Waals surface area contributed by atoms with Crippen LogP contribution in [0.15, 0.2) is 65.6 Å². The number of aryl methyl sites for hydroxylation is 1. The van der Waals surface area contributed by atoms with E-state index in [-0.39, 0.29) is 16.5 Å².